The van der Waals surface area contributed by atoms with E-state index in [-0.39, 0.29) is 41.4 Å². The van der Waals surface area contributed by atoms with Crippen molar-refractivity contribution < 1.29 is 32.4 Å². The number of hydrogen-bond acceptors (Lipinski definition) is 7. The third-order valence-corrected chi connectivity index (χ3v) is 15.9. The van der Waals surface area contributed by atoms with Crippen molar-refractivity contribution in [2.75, 3.05) is 18.8 Å². The number of likely N-dealkylation sites (tertiary alicyclic amines) is 1. The summed E-state index contributed by atoms with van der Waals surface area (Å²) in [5.41, 5.74) is -1.73. The Kier molecular flexibility index (Phi) is 11.6. The number of hydrogen-bond donors (Lipinski definition) is 4. The first kappa shape index (κ1) is 40.2. The van der Waals surface area contributed by atoms with Crippen LogP contribution in [-0.4, -0.2) is 90.1 Å². The molecule has 0 radical (unpaired) electrons. The van der Waals surface area contributed by atoms with Crippen LogP contribution < -0.4 is 21.3 Å². The van der Waals surface area contributed by atoms with Crippen LogP contribution in [-0.2, 0) is 29.0 Å². The van der Waals surface area contributed by atoms with E-state index in [2.05, 4.69) is 41.7 Å². The molecule has 1 heterocycles. The van der Waals surface area contributed by atoms with Gasteiger partial charge in [0.2, 0.25) is 17.6 Å². The van der Waals surface area contributed by atoms with Crippen LogP contribution in [0.4, 0.5) is 4.79 Å². The number of sulfone groups is 1. The Morgan fingerprint density at radius 1 is 0.904 bits per heavy atom. The predicted molar refractivity (Wildman–Crippen MR) is 200 cm³/mol. The molecule has 5 amide bonds. The molecule has 4 N–H and O–H groups in total. The number of rotatable bonds is 14. The van der Waals surface area contributed by atoms with Crippen LogP contribution in [0.3, 0.4) is 0 Å². The number of urea groups is 1. The molecule has 4 aliphatic carbocycles. The SMILES string of the molecule is C=CCNC(=O)C(=O)[C@H](CC1CC1)NC(=O)[C@@H]1C2[C@H](CN1C(=O)[C@@H](NC(=O)NC1(CS(=O)(=O)C(C)(C)C)CCCCC1)C1(C)CCCCC1)C2(C)C. The van der Waals surface area contributed by atoms with E-state index in [0.717, 1.165) is 51.4 Å². The largest absolute Gasteiger partial charge is 0.346 e. The van der Waals surface area contributed by atoms with Crippen LogP contribution in [0, 0.1) is 28.6 Å². The Hall–Kier alpha value is -2.96. The molecular formula is C39H63N5O7S. The van der Waals surface area contributed by atoms with Gasteiger partial charge in [-0.2, -0.15) is 0 Å². The molecule has 5 fully saturated rings. The smallest absolute Gasteiger partial charge is 0.315 e. The summed E-state index contributed by atoms with van der Waals surface area (Å²) in [7, 11) is -3.57. The fourth-order valence-corrected chi connectivity index (χ4v) is 10.8. The molecule has 0 aromatic heterocycles. The first-order valence-corrected chi connectivity index (χ1v) is 21.3. The summed E-state index contributed by atoms with van der Waals surface area (Å²) in [6.07, 6.45) is 11.6. The molecule has 5 atom stereocenters. The maximum absolute atomic E-state index is 14.9. The van der Waals surface area contributed by atoms with E-state index in [9.17, 15) is 32.4 Å². The Balaban J connectivity index is 1.40. The molecule has 0 spiro atoms. The first-order chi connectivity index (χ1) is 24.3. The van der Waals surface area contributed by atoms with Crippen LogP contribution in [0.15, 0.2) is 12.7 Å². The van der Waals surface area contributed by atoms with Crippen molar-refractivity contribution in [1.82, 2.24) is 26.2 Å². The molecule has 5 rings (SSSR count). The molecule has 4 saturated carbocycles. The maximum Gasteiger partial charge on any atom is 0.315 e. The number of nitrogens with one attached hydrogen (secondary N) is 4. The third-order valence-electron chi connectivity index (χ3n) is 13.1. The molecule has 52 heavy (non-hydrogen) atoms. The van der Waals surface area contributed by atoms with Crippen molar-refractivity contribution in [3.05, 3.63) is 12.7 Å². The number of nitrogens with zero attached hydrogens (tertiary/aromatic N) is 1. The molecule has 13 heteroatoms. The number of carbonyl (C=O) groups is 5. The highest BCUT2D eigenvalue weighted by Gasteiger charge is 2.70. The molecule has 1 aliphatic heterocycles. The van der Waals surface area contributed by atoms with Crippen molar-refractivity contribution in [2.24, 2.45) is 28.6 Å². The van der Waals surface area contributed by atoms with E-state index in [4.69, 9.17) is 0 Å². The van der Waals surface area contributed by atoms with Gasteiger partial charge in [0.25, 0.3) is 5.91 Å². The van der Waals surface area contributed by atoms with Crippen molar-refractivity contribution in [3.8, 4) is 0 Å². The Bertz CT molecular complexity index is 1520. The average Bonchev–Trinajstić information content (AvgIpc) is 3.92. The lowest BCUT2D eigenvalue weighted by Gasteiger charge is -2.44. The number of amides is 5. The van der Waals surface area contributed by atoms with Gasteiger partial charge < -0.3 is 26.2 Å². The lowest BCUT2D eigenvalue weighted by molar-refractivity contribution is -0.146. The van der Waals surface area contributed by atoms with Gasteiger partial charge in [0.05, 0.1) is 22.1 Å². The third kappa shape index (κ3) is 8.54. The molecule has 0 aromatic rings. The minimum Gasteiger partial charge on any atom is -0.346 e. The molecule has 1 saturated heterocycles. The van der Waals surface area contributed by atoms with Gasteiger partial charge in [0.15, 0.2) is 9.84 Å². The highest BCUT2D eigenvalue weighted by Crippen LogP contribution is 2.65. The molecular weight excluding hydrogens is 683 g/mol. The topological polar surface area (TPSA) is 171 Å². The quantitative estimate of drug-likeness (QED) is 0.153. The summed E-state index contributed by atoms with van der Waals surface area (Å²) in [5.74, 6) is -2.26. The van der Waals surface area contributed by atoms with E-state index in [1.54, 1.807) is 25.7 Å². The predicted octanol–water partition coefficient (Wildman–Crippen LogP) is 4.18. The summed E-state index contributed by atoms with van der Waals surface area (Å²) in [6, 6.07) is -3.38. The summed E-state index contributed by atoms with van der Waals surface area (Å²) >= 11 is 0. The van der Waals surface area contributed by atoms with E-state index in [0.29, 0.717) is 38.6 Å². The van der Waals surface area contributed by atoms with Crippen LogP contribution in [0.1, 0.15) is 125 Å². The minimum absolute atomic E-state index is 0.0717. The molecule has 1 unspecified atom stereocenters. The Morgan fingerprint density at radius 2 is 1.50 bits per heavy atom. The molecule has 5 aliphatic rings. The number of ketones is 1. The lowest BCUT2D eigenvalue weighted by atomic mass is 9.70. The van der Waals surface area contributed by atoms with E-state index in [1.807, 2.05) is 6.92 Å². The molecule has 0 aromatic carbocycles. The van der Waals surface area contributed by atoms with Crippen LogP contribution in [0.25, 0.3) is 0 Å². The van der Waals surface area contributed by atoms with Crippen molar-refractivity contribution in [2.45, 2.75) is 153 Å². The zero-order valence-corrected chi connectivity index (χ0v) is 33.1. The van der Waals surface area contributed by atoms with Gasteiger partial charge in [0.1, 0.15) is 12.1 Å². The minimum atomic E-state index is -3.57. The summed E-state index contributed by atoms with van der Waals surface area (Å²) < 4.78 is 25.9. The summed E-state index contributed by atoms with van der Waals surface area (Å²) in [5, 5.41) is 11.6. The van der Waals surface area contributed by atoms with E-state index >= 15 is 0 Å². The Labute approximate surface area is 310 Å². The second-order valence-corrected chi connectivity index (χ2v) is 21.2. The molecule has 292 valence electrons. The second-order valence-electron chi connectivity index (χ2n) is 18.5. The fraction of sp³-hybridized carbons (Fsp3) is 0.821. The van der Waals surface area contributed by atoms with Gasteiger partial charge in [-0.15, -0.1) is 6.58 Å². The van der Waals surface area contributed by atoms with Crippen LogP contribution in [0.5, 0.6) is 0 Å². The van der Waals surface area contributed by atoms with Gasteiger partial charge in [-0.1, -0.05) is 78.2 Å². The zero-order chi connectivity index (χ0) is 38.3. The second kappa shape index (κ2) is 15.1. The fourth-order valence-electron chi connectivity index (χ4n) is 9.27. The van der Waals surface area contributed by atoms with Crippen LogP contribution in [0.2, 0.25) is 0 Å². The number of fused-ring (bicyclic) bond motifs is 1. The van der Waals surface area contributed by atoms with Gasteiger partial charge in [0, 0.05) is 13.1 Å². The summed E-state index contributed by atoms with van der Waals surface area (Å²) in [4.78, 5) is 70.9. The number of piperidine rings is 1. The van der Waals surface area contributed by atoms with E-state index in [1.165, 1.54) is 6.08 Å². The van der Waals surface area contributed by atoms with Crippen molar-refractivity contribution in [1.29, 1.82) is 0 Å². The number of carbonyl (C=O) groups excluding carboxylic acids is 5. The van der Waals surface area contributed by atoms with E-state index < -0.39 is 67.3 Å². The first-order valence-electron chi connectivity index (χ1n) is 19.6. The zero-order valence-electron chi connectivity index (χ0n) is 32.3. The van der Waals surface area contributed by atoms with Gasteiger partial charge in [-0.25, -0.2) is 13.2 Å². The molecule has 12 nitrogen and oxygen atoms in total. The normalized spacial score (nSPS) is 27.3. The van der Waals surface area contributed by atoms with Crippen molar-refractivity contribution in [3.63, 3.8) is 0 Å². The van der Waals surface area contributed by atoms with Crippen LogP contribution >= 0.6 is 0 Å². The van der Waals surface area contributed by atoms with Gasteiger partial charge in [-0.3, -0.25) is 19.2 Å². The highest BCUT2D eigenvalue weighted by atomic mass is 32.2. The van der Waals surface area contributed by atoms with Crippen molar-refractivity contribution >= 4 is 39.4 Å². The standard InChI is InChI=1S/C39H63N5O7S/c1-8-21-40-33(47)30(45)27(22-25-15-16-25)41-32(46)29-28-26(37(28,5)6)23-44(29)34(48)31(38(7)17-11-9-12-18-38)42-35(49)43-39(19-13-10-14-20-39)24-52(50,51)36(2,3)4/h8,25-29,31H,1,9-24H2,2-7H3,(H,40,47)(H,41,46)(H2,42,43,49)/t26-,27-,28?,29-,31+/m0/s1. The number of Topliss-reactive ketones (excluding diaryl/α,β-unsaturated/α-hetero) is 1. The monoisotopic (exact) mass is 745 g/mol. The summed E-state index contributed by atoms with van der Waals surface area (Å²) in [6.45, 7) is 15.3. The van der Waals surface area contributed by atoms with Gasteiger partial charge in [-0.05, 0) is 81.5 Å². The van der Waals surface area contributed by atoms with Gasteiger partial charge >= 0.3 is 6.03 Å². The highest BCUT2D eigenvalue weighted by molar-refractivity contribution is 7.92. The maximum atomic E-state index is 14.9. The molecule has 0 bridgehead atoms. The average molecular weight is 746 g/mol. The Morgan fingerprint density at radius 3 is 2.06 bits per heavy atom. The lowest BCUT2D eigenvalue weighted by Crippen LogP contribution is -2.65.